The highest BCUT2D eigenvalue weighted by molar-refractivity contribution is 7.80. The van der Waals surface area contributed by atoms with E-state index in [0.29, 0.717) is 23.4 Å². The number of ether oxygens (including phenoxy) is 1. The topological polar surface area (TPSA) is 87.7 Å². The summed E-state index contributed by atoms with van der Waals surface area (Å²) in [4.78, 5) is 24.3. The van der Waals surface area contributed by atoms with Crippen molar-refractivity contribution in [2.45, 2.75) is 46.5 Å². The number of nitrogens with one attached hydrogen (secondary N) is 2. The number of rotatable bonds is 9. The van der Waals surface area contributed by atoms with Crippen molar-refractivity contribution >= 4 is 34.9 Å². The number of carbonyl (C=O) groups is 2. The minimum Gasteiger partial charge on any atom is -0.494 e. The van der Waals surface area contributed by atoms with Gasteiger partial charge in [0.25, 0.3) is 5.91 Å². The molecule has 0 heterocycles. The number of unbranched alkanes of at least 4 members (excludes halogenated alkanes) is 2. The fraction of sp³-hybridized carbons (Fsp3) is 0.320. The van der Waals surface area contributed by atoms with Gasteiger partial charge in [-0.25, -0.2) is 4.79 Å². The number of carboxylic acid groups (broad SMARTS) is 1. The summed E-state index contributed by atoms with van der Waals surface area (Å²) in [6.07, 6.45) is 7.63. The molecule has 0 aromatic heterocycles. The van der Waals surface area contributed by atoms with Gasteiger partial charge in [-0.05, 0) is 88.5 Å². The number of thiocarbonyl (C=S) groups is 1. The van der Waals surface area contributed by atoms with E-state index in [2.05, 4.69) is 16.7 Å². The van der Waals surface area contributed by atoms with Crippen LogP contribution in [0.3, 0.4) is 0 Å². The van der Waals surface area contributed by atoms with Crippen LogP contribution in [0.1, 0.15) is 63.6 Å². The van der Waals surface area contributed by atoms with Crippen molar-refractivity contribution in [3.63, 3.8) is 0 Å². The molecule has 0 aliphatic heterocycles. The summed E-state index contributed by atoms with van der Waals surface area (Å²) in [5.74, 6) is -0.869. The van der Waals surface area contributed by atoms with Gasteiger partial charge in [-0.1, -0.05) is 29.3 Å². The van der Waals surface area contributed by atoms with Crippen LogP contribution >= 0.6 is 12.2 Å². The molecule has 7 heteroatoms. The number of hydrogen-bond acceptors (Lipinski definition) is 4. The van der Waals surface area contributed by atoms with Crippen molar-refractivity contribution in [2.75, 3.05) is 12.4 Å². The van der Waals surface area contributed by atoms with Crippen LogP contribution in [0.5, 0.6) is 5.75 Å². The van der Waals surface area contributed by atoms with Crippen molar-refractivity contribution in [1.82, 2.24) is 5.32 Å². The van der Waals surface area contributed by atoms with Crippen molar-refractivity contribution in [2.24, 2.45) is 0 Å². The maximum Gasteiger partial charge on any atom is 0.335 e. The van der Waals surface area contributed by atoms with Crippen LogP contribution in [0.25, 0.3) is 0 Å². The molecule has 32 heavy (non-hydrogen) atoms. The van der Waals surface area contributed by atoms with Gasteiger partial charge >= 0.3 is 5.97 Å². The number of carbonyl (C=O) groups excluding carboxylic acids is 1. The standard InChI is InChI=1S/C25H30N2O4S/c1-5-6-7-8-9-10-18-14-20(24(29)30)15-21(22(18)31-4)26-25(32)27-23(28)19-12-16(2)11-17(3)13-19/h5-6,11-15H,7-10H2,1-4H3,(H,29,30)(H2,26,27,28,32). The Morgan fingerprint density at radius 2 is 1.75 bits per heavy atom. The third-order valence-corrected chi connectivity index (χ3v) is 5.08. The van der Waals surface area contributed by atoms with Crippen LogP contribution in [0.4, 0.5) is 5.69 Å². The monoisotopic (exact) mass is 454 g/mol. The van der Waals surface area contributed by atoms with Crippen LogP contribution in [0, 0.1) is 13.8 Å². The zero-order chi connectivity index (χ0) is 23.7. The highest BCUT2D eigenvalue weighted by Gasteiger charge is 2.17. The Balaban J connectivity index is 2.21. The van der Waals surface area contributed by atoms with Crippen LogP contribution in [-0.4, -0.2) is 29.2 Å². The van der Waals surface area contributed by atoms with E-state index in [1.807, 2.05) is 32.9 Å². The second kappa shape index (κ2) is 12.0. The maximum absolute atomic E-state index is 12.6. The van der Waals surface area contributed by atoms with Gasteiger partial charge < -0.3 is 15.2 Å². The summed E-state index contributed by atoms with van der Waals surface area (Å²) in [5.41, 5.74) is 3.76. The largest absolute Gasteiger partial charge is 0.494 e. The lowest BCUT2D eigenvalue weighted by Crippen LogP contribution is -2.34. The average molecular weight is 455 g/mol. The van der Waals surface area contributed by atoms with Gasteiger partial charge in [0.05, 0.1) is 18.4 Å². The summed E-state index contributed by atoms with van der Waals surface area (Å²) in [6.45, 7) is 5.82. The Kier molecular flexibility index (Phi) is 9.40. The molecule has 0 unspecified atom stereocenters. The van der Waals surface area contributed by atoms with E-state index in [4.69, 9.17) is 17.0 Å². The quantitative estimate of drug-likeness (QED) is 0.266. The molecule has 6 nitrogen and oxygen atoms in total. The van der Waals surface area contributed by atoms with E-state index >= 15 is 0 Å². The third kappa shape index (κ3) is 7.20. The van der Waals surface area contributed by atoms with E-state index in [1.165, 1.54) is 13.2 Å². The van der Waals surface area contributed by atoms with E-state index in [-0.39, 0.29) is 16.6 Å². The molecule has 0 spiro atoms. The molecule has 2 rings (SSSR count). The zero-order valence-electron chi connectivity index (χ0n) is 19.0. The summed E-state index contributed by atoms with van der Waals surface area (Å²) in [6, 6.07) is 8.62. The van der Waals surface area contributed by atoms with Gasteiger partial charge in [0, 0.05) is 5.56 Å². The lowest BCUT2D eigenvalue weighted by molar-refractivity contribution is 0.0696. The van der Waals surface area contributed by atoms with E-state index in [0.717, 1.165) is 36.0 Å². The molecule has 0 saturated heterocycles. The zero-order valence-corrected chi connectivity index (χ0v) is 19.8. The Labute approximate surface area is 194 Å². The highest BCUT2D eigenvalue weighted by Crippen LogP contribution is 2.32. The highest BCUT2D eigenvalue weighted by atomic mass is 32.1. The molecule has 0 aliphatic rings. The Bertz CT molecular complexity index is 1010. The minimum atomic E-state index is -1.05. The average Bonchev–Trinajstić information content (AvgIpc) is 2.72. The molecule has 0 aliphatic carbocycles. The van der Waals surface area contributed by atoms with Crippen molar-refractivity contribution < 1.29 is 19.4 Å². The number of hydrogen-bond donors (Lipinski definition) is 3. The fourth-order valence-electron chi connectivity index (χ4n) is 3.51. The van der Waals surface area contributed by atoms with Gasteiger partial charge in [0.1, 0.15) is 5.75 Å². The number of amides is 1. The molecule has 1 amide bonds. The summed E-state index contributed by atoms with van der Waals surface area (Å²) in [7, 11) is 1.53. The van der Waals surface area contributed by atoms with Crippen molar-refractivity contribution in [3.05, 3.63) is 70.3 Å². The van der Waals surface area contributed by atoms with Gasteiger partial charge in [-0.15, -0.1) is 0 Å². The first-order chi connectivity index (χ1) is 15.2. The molecule has 170 valence electrons. The number of benzene rings is 2. The SMILES string of the molecule is CC=CCCCCc1cc(C(=O)O)cc(NC(=S)NC(=O)c2cc(C)cc(C)c2)c1OC. The predicted octanol–water partition coefficient (Wildman–Crippen LogP) is 5.43. The van der Waals surface area contributed by atoms with Gasteiger partial charge in [0.15, 0.2) is 5.11 Å². The van der Waals surface area contributed by atoms with Gasteiger partial charge in [0.2, 0.25) is 0 Å². The molecule has 2 aromatic rings. The smallest absolute Gasteiger partial charge is 0.335 e. The van der Waals surface area contributed by atoms with E-state index < -0.39 is 5.97 Å². The maximum atomic E-state index is 12.6. The van der Waals surface area contributed by atoms with Gasteiger partial charge in [-0.3, -0.25) is 10.1 Å². The Morgan fingerprint density at radius 1 is 1.06 bits per heavy atom. The Morgan fingerprint density at radius 3 is 2.34 bits per heavy atom. The van der Waals surface area contributed by atoms with Crippen molar-refractivity contribution in [3.8, 4) is 5.75 Å². The second-order valence-corrected chi connectivity index (χ2v) is 8.03. The van der Waals surface area contributed by atoms with E-state index in [9.17, 15) is 14.7 Å². The molecule has 0 saturated carbocycles. The second-order valence-electron chi connectivity index (χ2n) is 7.62. The van der Waals surface area contributed by atoms with Gasteiger partial charge in [-0.2, -0.15) is 0 Å². The number of allylic oxidation sites excluding steroid dienone is 2. The first-order valence-electron chi connectivity index (χ1n) is 10.5. The first kappa shape index (κ1) is 25.1. The molecular weight excluding hydrogens is 424 g/mol. The molecule has 2 aromatic carbocycles. The van der Waals surface area contributed by atoms with Crippen LogP contribution < -0.4 is 15.4 Å². The van der Waals surface area contributed by atoms with Crippen LogP contribution in [-0.2, 0) is 6.42 Å². The lowest BCUT2D eigenvalue weighted by Gasteiger charge is -2.17. The third-order valence-electron chi connectivity index (χ3n) is 4.88. The lowest BCUT2D eigenvalue weighted by atomic mass is 10.0. The number of aromatic carboxylic acids is 1. The van der Waals surface area contributed by atoms with Crippen LogP contribution in [0.2, 0.25) is 0 Å². The number of anilines is 1. The predicted molar refractivity (Wildman–Crippen MR) is 132 cm³/mol. The molecule has 3 N–H and O–H groups in total. The number of methoxy groups -OCH3 is 1. The van der Waals surface area contributed by atoms with Crippen molar-refractivity contribution in [1.29, 1.82) is 0 Å². The summed E-state index contributed by atoms with van der Waals surface area (Å²) >= 11 is 5.32. The first-order valence-corrected chi connectivity index (χ1v) is 10.9. The fourth-order valence-corrected chi connectivity index (χ4v) is 3.71. The summed E-state index contributed by atoms with van der Waals surface area (Å²) < 4.78 is 5.57. The Hall–Kier alpha value is -3.19. The number of aryl methyl sites for hydroxylation is 3. The number of carboxylic acids is 1. The van der Waals surface area contributed by atoms with Crippen LogP contribution in [0.15, 0.2) is 42.5 Å². The molecule has 0 atom stereocenters. The summed E-state index contributed by atoms with van der Waals surface area (Å²) in [5, 5.41) is 15.2. The van der Waals surface area contributed by atoms with E-state index in [1.54, 1.807) is 18.2 Å². The molecule has 0 radical (unpaired) electrons. The molecule has 0 fully saturated rings. The normalized spacial score (nSPS) is 10.8. The molecule has 0 bridgehead atoms. The molecular formula is C25H30N2O4S. The minimum absolute atomic E-state index is 0.0639.